The molecule has 0 spiro atoms. The first-order valence-electron chi connectivity index (χ1n) is 4.75. The zero-order chi connectivity index (χ0) is 13.5. The van der Waals surface area contributed by atoms with Crippen molar-refractivity contribution in [1.29, 1.82) is 0 Å². The maximum absolute atomic E-state index is 13.3. The summed E-state index contributed by atoms with van der Waals surface area (Å²) in [4.78, 5) is 0. The van der Waals surface area contributed by atoms with E-state index in [0.29, 0.717) is 0 Å². The minimum atomic E-state index is -5.81. The summed E-state index contributed by atoms with van der Waals surface area (Å²) in [5.74, 6) is -3.21. The Kier molecular flexibility index (Phi) is 3.48. The number of rotatable bonds is 3. The Bertz CT molecular complexity index is 388. The second-order valence-corrected chi connectivity index (χ2v) is 5.89. The molecular weight excluding hydrogens is 271 g/mol. The first-order valence-corrected chi connectivity index (χ1v) is 6.16. The molecule has 9 heteroatoms. The van der Waals surface area contributed by atoms with Crippen molar-refractivity contribution in [3.63, 3.8) is 0 Å². The van der Waals surface area contributed by atoms with Crippen LogP contribution in [-0.4, -0.2) is 26.5 Å². The Morgan fingerprint density at radius 3 is 2.12 bits per heavy atom. The molecule has 1 saturated carbocycles. The van der Waals surface area contributed by atoms with Gasteiger partial charge in [0.15, 0.2) is 0 Å². The summed E-state index contributed by atoms with van der Waals surface area (Å²) in [6.45, 7) is -0.145. The molecular formula is C8H11F5O3S. The lowest BCUT2D eigenvalue weighted by Gasteiger charge is -2.30. The standard InChI is InChI=1S/C8H11F5O3S/c1-6(3-2-4-7(6,9)10)5-16-17(14,15)8(11,12)13/h2-5H2,1H3. The molecule has 1 aliphatic rings. The fourth-order valence-corrected chi connectivity index (χ4v) is 2.19. The first-order chi connectivity index (χ1) is 7.41. The molecule has 0 bridgehead atoms. The molecule has 102 valence electrons. The summed E-state index contributed by atoms with van der Waals surface area (Å²) in [6, 6.07) is 0. The van der Waals surface area contributed by atoms with E-state index in [2.05, 4.69) is 4.18 Å². The highest BCUT2D eigenvalue weighted by atomic mass is 32.2. The lowest BCUT2D eigenvalue weighted by Crippen LogP contribution is -2.39. The molecule has 0 aromatic carbocycles. The van der Waals surface area contributed by atoms with E-state index >= 15 is 0 Å². The van der Waals surface area contributed by atoms with Crippen LogP contribution in [0.3, 0.4) is 0 Å². The zero-order valence-electron chi connectivity index (χ0n) is 8.85. The fourth-order valence-electron chi connectivity index (χ4n) is 1.64. The molecule has 0 aliphatic heterocycles. The average molecular weight is 282 g/mol. The number of alkyl halides is 5. The van der Waals surface area contributed by atoms with E-state index in [0.717, 1.165) is 6.92 Å². The van der Waals surface area contributed by atoms with E-state index in [1.54, 1.807) is 0 Å². The van der Waals surface area contributed by atoms with Crippen LogP contribution in [0.1, 0.15) is 26.2 Å². The summed E-state index contributed by atoms with van der Waals surface area (Å²) >= 11 is 0. The van der Waals surface area contributed by atoms with Crippen LogP contribution in [0.15, 0.2) is 0 Å². The van der Waals surface area contributed by atoms with Gasteiger partial charge in [0.05, 0.1) is 12.0 Å². The van der Waals surface area contributed by atoms with Gasteiger partial charge in [-0.05, 0) is 12.8 Å². The predicted molar refractivity (Wildman–Crippen MR) is 47.8 cm³/mol. The van der Waals surface area contributed by atoms with Crippen LogP contribution in [0.25, 0.3) is 0 Å². The fraction of sp³-hybridized carbons (Fsp3) is 1.00. The lowest BCUT2D eigenvalue weighted by molar-refractivity contribution is -0.111. The van der Waals surface area contributed by atoms with E-state index in [-0.39, 0.29) is 12.8 Å². The Morgan fingerprint density at radius 1 is 1.24 bits per heavy atom. The van der Waals surface area contributed by atoms with Gasteiger partial charge in [-0.25, -0.2) is 8.78 Å². The number of halogens is 5. The molecule has 3 nitrogen and oxygen atoms in total. The summed E-state index contributed by atoms with van der Waals surface area (Å²) in [6.07, 6.45) is -0.425. The largest absolute Gasteiger partial charge is 0.523 e. The minimum Gasteiger partial charge on any atom is -0.262 e. The summed E-state index contributed by atoms with van der Waals surface area (Å²) < 4.78 is 87.2. The molecule has 0 N–H and O–H groups in total. The normalized spacial score (nSPS) is 29.5. The van der Waals surface area contributed by atoms with Crippen molar-refractivity contribution in [3.8, 4) is 0 Å². The van der Waals surface area contributed by atoms with Crippen LogP contribution >= 0.6 is 0 Å². The van der Waals surface area contributed by atoms with Crippen molar-refractivity contribution < 1.29 is 34.6 Å². The van der Waals surface area contributed by atoms with Gasteiger partial charge in [-0.15, -0.1) is 0 Å². The monoisotopic (exact) mass is 282 g/mol. The molecule has 0 heterocycles. The predicted octanol–water partition coefficient (Wildman–Crippen LogP) is 2.68. The van der Waals surface area contributed by atoms with Gasteiger partial charge in [-0.1, -0.05) is 6.92 Å². The van der Waals surface area contributed by atoms with Crippen LogP contribution < -0.4 is 0 Å². The molecule has 1 rings (SSSR count). The van der Waals surface area contributed by atoms with Crippen molar-refractivity contribution in [3.05, 3.63) is 0 Å². The molecule has 17 heavy (non-hydrogen) atoms. The van der Waals surface area contributed by atoms with Gasteiger partial charge in [0.2, 0.25) is 0 Å². The highest BCUT2D eigenvalue weighted by molar-refractivity contribution is 7.87. The smallest absolute Gasteiger partial charge is 0.262 e. The summed E-state index contributed by atoms with van der Waals surface area (Å²) in [5.41, 5.74) is -7.46. The van der Waals surface area contributed by atoms with Gasteiger partial charge in [0.1, 0.15) is 0 Å². The second kappa shape index (κ2) is 4.04. The van der Waals surface area contributed by atoms with E-state index in [9.17, 15) is 30.4 Å². The van der Waals surface area contributed by atoms with Crippen LogP contribution in [0.2, 0.25) is 0 Å². The van der Waals surface area contributed by atoms with Crippen molar-refractivity contribution in [2.24, 2.45) is 5.41 Å². The molecule has 1 aliphatic carbocycles. The van der Waals surface area contributed by atoms with Gasteiger partial charge in [-0.3, -0.25) is 4.18 Å². The van der Waals surface area contributed by atoms with E-state index in [4.69, 9.17) is 0 Å². The van der Waals surface area contributed by atoms with Crippen molar-refractivity contribution in [2.75, 3.05) is 6.61 Å². The van der Waals surface area contributed by atoms with Crippen LogP contribution in [0, 0.1) is 5.41 Å². The second-order valence-electron chi connectivity index (χ2n) is 4.28. The zero-order valence-corrected chi connectivity index (χ0v) is 9.67. The Labute approximate surface area is 95.1 Å². The molecule has 1 fully saturated rings. The van der Waals surface area contributed by atoms with Crippen LogP contribution in [-0.2, 0) is 14.3 Å². The molecule has 0 saturated heterocycles. The Hall–Kier alpha value is -0.440. The third-order valence-electron chi connectivity index (χ3n) is 2.92. The first kappa shape index (κ1) is 14.6. The molecule has 0 aromatic rings. The van der Waals surface area contributed by atoms with Gasteiger partial charge in [0.25, 0.3) is 5.92 Å². The molecule has 0 aromatic heterocycles. The number of hydrogen-bond acceptors (Lipinski definition) is 3. The van der Waals surface area contributed by atoms with Gasteiger partial charge in [-0.2, -0.15) is 21.6 Å². The van der Waals surface area contributed by atoms with Gasteiger partial charge < -0.3 is 0 Å². The minimum absolute atomic E-state index is 0.0760. The van der Waals surface area contributed by atoms with Crippen molar-refractivity contribution in [1.82, 2.24) is 0 Å². The Balaban J connectivity index is 2.76. The molecule has 0 radical (unpaired) electrons. The molecule has 0 amide bonds. The third kappa shape index (κ3) is 2.70. The van der Waals surface area contributed by atoms with Gasteiger partial charge in [0, 0.05) is 6.42 Å². The van der Waals surface area contributed by atoms with Crippen molar-refractivity contribution >= 4 is 10.1 Å². The van der Waals surface area contributed by atoms with E-state index in [1.165, 1.54) is 0 Å². The SMILES string of the molecule is CC1(COS(=O)(=O)C(F)(F)F)CCCC1(F)F. The Morgan fingerprint density at radius 2 is 1.76 bits per heavy atom. The highest BCUT2D eigenvalue weighted by Gasteiger charge is 2.56. The average Bonchev–Trinajstić information content (AvgIpc) is 2.37. The maximum atomic E-state index is 13.3. The molecule has 1 atom stereocenters. The third-order valence-corrected chi connectivity index (χ3v) is 3.91. The summed E-state index contributed by atoms with van der Waals surface area (Å²) in [7, 11) is -5.81. The van der Waals surface area contributed by atoms with Gasteiger partial charge >= 0.3 is 15.6 Å². The van der Waals surface area contributed by atoms with E-state index < -0.39 is 40.0 Å². The molecule has 1 unspecified atom stereocenters. The highest BCUT2D eigenvalue weighted by Crippen LogP contribution is 2.50. The lowest BCUT2D eigenvalue weighted by atomic mass is 9.87. The van der Waals surface area contributed by atoms with Crippen LogP contribution in [0.5, 0.6) is 0 Å². The van der Waals surface area contributed by atoms with Crippen LogP contribution in [0.4, 0.5) is 22.0 Å². The summed E-state index contributed by atoms with van der Waals surface area (Å²) in [5, 5.41) is 0. The van der Waals surface area contributed by atoms with E-state index in [1.807, 2.05) is 0 Å². The van der Waals surface area contributed by atoms with Crippen molar-refractivity contribution in [2.45, 2.75) is 37.6 Å². The number of hydrogen-bond donors (Lipinski definition) is 0. The maximum Gasteiger partial charge on any atom is 0.523 e. The topological polar surface area (TPSA) is 43.4 Å². The quantitative estimate of drug-likeness (QED) is 0.454.